The zero-order valence-corrected chi connectivity index (χ0v) is 26.3. The maximum Gasteiger partial charge on any atom is 0.312 e. The minimum Gasteiger partial charge on any atom is -0.465 e. The number of rotatable bonds is 14. The van der Waals surface area contributed by atoms with Crippen LogP contribution in [0.25, 0.3) is 11.0 Å². The summed E-state index contributed by atoms with van der Waals surface area (Å²) < 4.78 is 13.9. The summed E-state index contributed by atoms with van der Waals surface area (Å²) in [5, 5.41) is 19.0. The largest absolute Gasteiger partial charge is 0.465 e. The van der Waals surface area contributed by atoms with Crippen LogP contribution in [-0.2, 0) is 30.5 Å². The molecule has 11 nitrogen and oxygen atoms in total. The van der Waals surface area contributed by atoms with Gasteiger partial charge in [-0.05, 0) is 43.7 Å². The van der Waals surface area contributed by atoms with Crippen LogP contribution in [0.1, 0.15) is 39.5 Å². The number of likely N-dealkylation sites (tertiary alicyclic amines) is 1. The fourth-order valence-electron chi connectivity index (χ4n) is 6.98. The van der Waals surface area contributed by atoms with Crippen LogP contribution in [0.2, 0.25) is 0 Å². The molecule has 0 radical (unpaired) electrons. The Morgan fingerprint density at radius 2 is 2.05 bits per heavy atom. The van der Waals surface area contributed by atoms with Gasteiger partial charge in [-0.15, -0.1) is 18.3 Å². The second-order valence-electron chi connectivity index (χ2n) is 11.9. The van der Waals surface area contributed by atoms with Gasteiger partial charge in [0.15, 0.2) is 0 Å². The number of amides is 2. The van der Waals surface area contributed by atoms with Gasteiger partial charge in [0.05, 0.1) is 42.7 Å². The topological polar surface area (TPSA) is 127 Å². The van der Waals surface area contributed by atoms with Crippen molar-refractivity contribution in [2.45, 2.75) is 74.8 Å². The van der Waals surface area contributed by atoms with Gasteiger partial charge in [0.25, 0.3) is 0 Å². The lowest BCUT2D eigenvalue weighted by Crippen LogP contribution is -2.60. The van der Waals surface area contributed by atoms with Crippen LogP contribution in [0.3, 0.4) is 0 Å². The molecule has 1 N–H and O–H groups in total. The maximum atomic E-state index is 14.7. The van der Waals surface area contributed by atoms with E-state index in [1.54, 1.807) is 15.7 Å². The second kappa shape index (κ2) is 12.9. The first-order chi connectivity index (χ1) is 20.7. The van der Waals surface area contributed by atoms with Crippen LogP contribution in [0.15, 0.2) is 49.6 Å². The molecule has 3 aliphatic rings. The van der Waals surface area contributed by atoms with E-state index in [0.717, 1.165) is 18.4 Å². The van der Waals surface area contributed by atoms with Crippen molar-refractivity contribution < 1.29 is 29.0 Å². The van der Waals surface area contributed by atoms with Crippen molar-refractivity contribution in [1.29, 1.82) is 0 Å². The summed E-state index contributed by atoms with van der Waals surface area (Å²) in [6.45, 7) is 11.5. The molecule has 2 amide bonds. The highest BCUT2D eigenvalue weighted by molar-refractivity contribution is 9.09. The van der Waals surface area contributed by atoms with E-state index >= 15 is 0 Å². The molecular weight excluding hydrogens is 618 g/mol. The van der Waals surface area contributed by atoms with E-state index in [4.69, 9.17) is 9.47 Å². The normalized spacial score (nSPS) is 28.3. The maximum absolute atomic E-state index is 14.7. The minimum atomic E-state index is -1.27. The number of aliphatic hydroxyl groups is 1. The molecule has 232 valence electrons. The van der Waals surface area contributed by atoms with Crippen molar-refractivity contribution in [1.82, 2.24) is 24.8 Å². The number of aromatic nitrogens is 3. The van der Waals surface area contributed by atoms with Gasteiger partial charge < -0.3 is 24.4 Å². The third-order valence-electron chi connectivity index (χ3n) is 8.98. The van der Waals surface area contributed by atoms with Gasteiger partial charge in [-0.3, -0.25) is 14.4 Å². The number of esters is 1. The molecule has 4 heterocycles. The Morgan fingerprint density at radius 1 is 1.28 bits per heavy atom. The molecule has 7 atom stereocenters. The van der Waals surface area contributed by atoms with Crippen LogP contribution in [0.4, 0.5) is 0 Å². The molecule has 3 unspecified atom stereocenters. The highest BCUT2D eigenvalue weighted by Gasteiger charge is 2.77. The van der Waals surface area contributed by atoms with Gasteiger partial charge in [-0.2, -0.15) is 0 Å². The Morgan fingerprint density at radius 3 is 2.74 bits per heavy atom. The first kappa shape index (κ1) is 31.3. The van der Waals surface area contributed by atoms with Crippen molar-refractivity contribution in [2.75, 3.05) is 19.8 Å². The van der Waals surface area contributed by atoms with Gasteiger partial charge >= 0.3 is 5.97 Å². The lowest BCUT2D eigenvalue weighted by molar-refractivity contribution is -0.157. The number of unbranched alkanes of at least 4 members (excludes halogenated alkanes) is 2. The third-order valence-corrected chi connectivity index (χ3v) is 9.82. The van der Waals surface area contributed by atoms with Crippen LogP contribution in [-0.4, -0.2) is 96.1 Å². The summed E-state index contributed by atoms with van der Waals surface area (Å²) in [7, 11) is 0. The fraction of sp³-hybridized carbons (Fsp3) is 0.581. The molecular formula is C31H40BrN5O6. The summed E-state index contributed by atoms with van der Waals surface area (Å²) in [4.78, 5) is 45.4. The van der Waals surface area contributed by atoms with Gasteiger partial charge in [-0.25, -0.2) is 4.68 Å². The average molecular weight is 659 g/mol. The number of carbonyl (C=O) groups is 3. The fourth-order valence-corrected chi connectivity index (χ4v) is 7.93. The third kappa shape index (κ3) is 5.42. The number of alkyl halides is 1. The van der Waals surface area contributed by atoms with Crippen molar-refractivity contribution in [3.05, 3.63) is 49.6 Å². The van der Waals surface area contributed by atoms with Gasteiger partial charge in [0.1, 0.15) is 23.8 Å². The summed E-state index contributed by atoms with van der Waals surface area (Å²) in [5.74, 6) is -3.18. The average Bonchev–Trinajstić information content (AvgIpc) is 3.70. The molecule has 1 aromatic heterocycles. The molecule has 12 heteroatoms. The minimum absolute atomic E-state index is 0.0630. The van der Waals surface area contributed by atoms with E-state index in [9.17, 15) is 19.5 Å². The van der Waals surface area contributed by atoms with Crippen LogP contribution in [0, 0.1) is 17.8 Å². The van der Waals surface area contributed by atoms with Crippen molar-refractivity contribution >= 4 is 44.7 Å². The second-order valence-corrected chi connectivity index (χ2v) is 13.1. The first-order valence-electron chi connectivity index (χ1n) is 14.9. The molecule has 2 bridgehead atoms. The Labute approximate surface area is 260 Å². The first-order valence-corrected chi connectivity index (χ1v) is 15.8. The number of hydrogen-bond acceptors (Lipinski definition) is 8. The molecule has 3 fully saturated rings. The lowest BCUT2D eigenvalue weighted by atomic mass is 9.70. The Balaban J connectivity index is 1.51. The molecule has 1 spiro atoms. The van der Waals surface area contributed by atoms with Crippen molar-refractivity contribution in [3.8, 4) is 0 Å². The molecule has 43 heavy (non-hydrogen) atoms. The van der Waals surface area contributed by atoms with Crippen LogP contribution >= 0.6 is 15.9 Å². The molecule has 5 rings (SSSR count). The van der Waals surface area contributed by atoms with E-state index in [-0.39, 0.29) is 49.0 Å². The predicted molar refractivity (Wildman–Crippen MR) is 163 cm³/mol. The zero-order valence-electron chi connectivity index (χ0n) is 24.7. The highest BCUT2D eigenvalue weighted by atomic mass is 79.9. The van der Waals surface area contributed by atoms with Crippen molar-refractivity contribution in [3.63, 3.8) is 0 Å². The smallest absolute Gasteiger partial charge is 0.312 e. The van der Waals surface area contributed by atoms with E-state index in [0.29, 0.717) is 18.4 Å². The summed E-state index contributed by atoms with van der Waals surface area (Å²) in [6, 6.07) is 5.71. The number of allylic oxidation sites excluding steroid dienone is 1. The number of halogens is 1. The summed E-state index contributed by atoms with van der Waals surface area (Å²) in [5.41, 5.74) is 0.173. The van der Waals surface area contributed by atoms with Gasteiger partial charge in [-0.1, -0.05) is 59.3 Å². The highest BCUT2D eigenvalue weighted by Crippen LogP contribution is 2.61. The number of nitrogens with zero attached hydrogens (tertiary/aromatic N) is 5. The van der Waals surface area contributed by atoms with Gasteiger partial charge in [0.2, 0.25) is 11.8 Å². The molecule has 2 aromatic rings. The SMILES string of the molecule is C=CCCCCOC(=O)[C@H]1[C@@H]2OC3(CC2Br)C(C(=O)N(CC=C)Cn2nnc4ccccc42)N([C@@H](CO)C(C)C)C(=O)[C@H]13. The molecule has 0 saturated carbocycles. The monoisotopic (exact) mass is 657 g/mol. The Hall–Kier alpha value is -3.09. The standard InChI is InChI=1S/C31H40BrN5O6/c1-5-7-8-11-15-42-30(41)24-25-28(39)37(23(17-38)19(3)4)27(31(25)16-20(32)26(24)43-31)29(40)35(14-6-2)18-36-22-13-10-9-12-21(22)33-34-36/h5-6,9-10,12-13,19-20,23-27,38H,1-2,7-8,11,14-18H2,3-4H3/t20?,23-,24+,25-,26+,27?,31?/m0/s1. The Bertz CT molecular complexity index is 1380. The van der Waals surface area contributed by atoms with Crippen LogP contribution in [0.5, 0.6) is 0 Å². The van der Waals surface area contributed by atoms with Crippen LogP contribution < -0.4 is 0 Å². The molecule has 3 saturated heterocycles. The van der Waals surface area contributed by atoms with E-state index < -0.39 is 41.6 Å². The number of benzene rings is 1. The number of ether oxygens (including phenoxy) is 2. The zero-order chi connectivity index (χ0) is 30.9. The lowest BCUT2D eigenvalue weighted by Gasteiger charge is -2.40. The predicted octanol–water partition coefficient (Wildman–Crippen LogP) is 3.07. The number of aliphatic hydroxyl groups excluding tert-OH is 1. The number of para-hydroxylation sites is 1. The molecule has 3 aliphatic heterocycles. The quantitative estimate of drug-likeness (QED) is 0.142. The van der Waals surface area contributed by atoms with Gasteiger partial charge in [0, 0.05) is 11.4 Å². The van der Waals surface area contributed by atoms with E-state index in [1.807, 2.05) is 44.2 Å². The molecule has 0 aliphatic carbocycles. The Kier molecular flexibility index (Phi) is 9.38. The number of hydrogen-bond donors (Lipinski definition) is 1. The summed E-state index contributed by atoms with van der Waals surface area (Å²) in [6.07, 6.45) is 5.51. The van der Waals surface area contributed by atoms with Crippen molar-refractivity contribution in [2.24, 2.45) is 17.8 Å². The number of carbonyl (C=O) groups excluding carboxylic acids is 3. The number of fused-ring (bicyclic) bond motifs is 2. The van der Waals surface area contributed by atoms with E-state index in [1.165, 1.54) is 4.90 Å². The molecule has 1 aromatic carbocycles. The van der Waals surface area contributed by atoms with E-state index in [2.05, 4.69) is 39.4 Å². The summed E-state index contributed by atoms with van der Waals surface area (Å²) >= 11 is 3.69.